The third-order valence-electron chi connectivity index (χ3n) is 3.34. The number of nitriles is 1. The number of anilines is 1. The SMILES string of the molecule is CN1C(=O)C(=C(C#N)c2ccccn2)c2ccccc21. The highest BCUT2D eigenvalue weighted by Crippen LogP contribution is 2.39. The number of hydrogen-bond donors (Lipinski definition) is 0. The van der Waals surface area contributed by atoms with Crippen LogP contribution in [0.5, 0.6) is 0 Å². The van der Waals surface area contributed by atoms with Crippen molar-refractivity contribution in [2.45, 2.75) is 0 Å². The van der Waals surface area contributed by atoms with Crippen molar-refractivity contribution in [3.8, 4) is 6.07 Å². The molecular weight excluding hydrogens is 250 g/mol. The fourth-order valence-electron chi connectivity index (χ4n) is 2.36. The molecule has 0 aliphatic carbocycles. The molecule has 96 valence electrons. The number of hydrogen-bond acceptors (Lipinski definition) is 3. The van der Waals surface area contributed by atoms with Crippen LogP contribution in [0.25, 0.3) is 11.1 Å². The summed E-state index contributed by atoms with van der Waals surface area (Å²) in [6, 6.07) is 14.9. The van der Waals surface area contributed by atoms with E-state index in [4.69, 9.17) is 0 Å². The number of pyridine rings is 1. The number of carbonyl (C=O) groups is 1. The van der Waals surface area contributed by atoms with Crippen molar-refractivity contribution in [3.63, 3.8) is 0 Å². The molecule has 0 unspecified atom stereocenters. The first-order valence-electron chi connectivity index (χ1n) is 6.17. The minimum Gasteiger partial charge on any atom is -0.311 e. The fourth-order valence-corrected chi connectivity index (χ4v) is 2.36. The smallest absolute Gasteiger partial charge is 0.260 e. The number of allylic oxidation sites excluding steroid dienone is 1. The minimum atomic E-state index is -0.173. The van der Waals surface area contributed by atoms with Gasteiger partial charge >= 0.3 is 0 Å². The Hall–Kier alpha value is -2.93. The second kappa shape index (κ2) is 4.63. The van der Waals surface area contributed by atoms with Crippen molar-refractivity contribution in [3.05, 3.63) is 59.9 Å². The van der Waals surface area contributed by atoms with Gasteiger partial charge in [0, 0.05) is 18.8 Å². The Morgan fingerprint density at radius 3 is 2.65 bits per heavy atom. The Balaban J connectivity index is 2.30. The molecule has 2 heterocycles. The van der Waals surface area contributed by atoms with Crippen LogP contribution in [0.1, 0.15) is 11.3 Å². The molecule has 1 aliphatic rings. The average Bonchev–Trinajstić information content (AvgIpc) is 2.75. The zero-order valence-corrected chi connectivity index (χ0v) is 10.9. The van der Waals surface area contributed by atoms with E-state index in [1.54, 1.807) is 36.3 Å². The van der Waals surface area contributed by atoms with Crippen molar-refractivity contribution in [2.75, 3.05) is 11.9 Å². The van der Waals surface area contributed by atoms with Crippen molar-refractivity contribution < 1.29 is 4.79 Å². The van der Waals surface area contributed by atoms with Crippen LogP contribution in [0, 0.1) is 11.3 Å². The average molecular weight is 261 g/mol. The quantitative estimate of drug-likeness (QED) is 0.585. The zero-order valence-electron chi connectivity index (χ0n) is 10.9. The number of nitrogens with zero attached hydrogens (tertiary/aromatic N) is 3. The minimum absolute atomic E-state index is 0.173. The molecule has 20 heavy (non-hydrogen) atoms. The molecule has 1 aromatic carbocycles. The molecule has 0 fully saturated rings. The fraction of sp³-hybridized carbons (Fsp3) is 0.0625. The Labute approximate surface area is 116 Å². The van der Waals surface area contributed by atoms with Crippen LogP contribution in [0.3, 0.4) is 0 Å². The molecule has 1 amide bonds. The topological polar surface area (TPSA) is 57.0 Å². The lowest BCUT2D eigenvalue weighted by molar-refractivity contribution is -0.112. The largest absolute Gasteiger partial charge is 0.311 e. The third-order valence-corrected chi connectivity index (χ3v) is 3.34. The van der Waals surface area contributed by atoms with Crippen LogP contribution in [-0.2, 0) is 4.79 Å². The monoisotopic (exact) mass is 261 g/mol. The Morgan fingerprint density at radius 1 is 1.20 bits per heavy atom. The van der Waals surface area contributed by atoms with Crippen molar-refractivity contribution in [1.29, 1.82) is 5.26 Å². The summed E-state index contributed by atoms with van der Waals surface area (Å²) >= 11 is 0. The predicted octanol–water partition coefficient (Wildman–Crippen LogP) is 2.49. The number of likely N-dealkylation sites (N-methyl/N-ethyl adjacent to an activating group) is 1. The summed E-state index contributed by atoms with van der Waals surface area (Å²) in [6.45, 7) is 0. The number of rotatable bonds is 1. The van der Waals surface area contributed by atoms with E-state index in [1.807, 2.05) is 24.3 Å². The summed E-state index contributed by atoms with van der Waals surface area (Å²) in [4.78, 5) is 18.2. The molecule has 0 radical (unpaired) electrons. The van der Waals surface area contributed by atoms with E-state index >= 15 is 0 Å². The predicted molar refractivity (Wildman–Crippen MR) is 76.5 cm³/mol. The first-order chi connectivity index (χ1) is 9.74. The first kappa shape index (κ1) is 12.1. The van der Waals surface area contributed by atoms with Gasteiger partial charge in [-0.2, -0.15) is 5.26 Å². The molecule has 4 nitrogen and oxygen atoms in total. The molecule has 3 rings (SSSR count). The number of amides is 1. The molecule has 4 heteroatoms. The van der Waals surface area contributed by atoms with E-state index < -0.39 is 0 Å². The van der Waals surface area contributed by atoms with Gasteiger partial charge in [-0.05, 0) is 18.2 Å². The van der Waals surface area contributed by atoms with Crippen molar-refractivity contribution >= 4 is 22.7 Å². The van der Waals surface area contributed by atoms with E-state index in [0.29, 0.717) is 16.8 Å². The van der Waals surface area contributed by atoms with E-state index in [2.05, 4.69) is 11.1 Å². The van der Waals surface area contributed by atoms with Gasteiger partial charge in [-0.25, -0.2) is 0 Å². The summed E-state index contributed by atoms with van der Waals surface area (Å²) in [6.07, 6.45) is 1.61. The zero-order chi connectivity index (χ0) is 14.1. The molecule has 1 aromatic heterocycles. The second-order valence-corrected chi connectivity index (χ2v) is 4.46. The molecular formula is C16H11N3O. The van der Waals surface area contributed by atoms with Crippen molar-refractivity contribution in [1.82, 2.24) is 4.98 Å². The maximum absolute atomic E-state index is 12.4. The lowest BCUT2D eigenvalue weighted by Gasteiger charge is -2.08. The normalized spacial score (nSPS) is 15.8. The Morgan fingerprint density at radius 2 is 1.95 bits per heavy atom. The maximum atomic E-state index is 12.4. The van der Waals surface area contributed by atoms with Crippen LogP contribution >= 0.6 is 0 Å². The van der Waals surface area contributed by atoms with E-state index in [0.717, 1.165) is 11.3 Å². The van der Waals surface area contributed by atoms with E-state index in [-0.39, 0.29) is 5.91 Å². The van der Waals surface area contributed by atoms with Crippen LogP contribution in [0.4, 0.5) is 5.69 Å². The van der Waals surface area contributed by atoms with Gasteiger partial charge in [-0.1, -0.05) is 24.3 Å². The summed E-state index contributed by atoms with van der Waals surface area (Å²) in [5, 5.41) is 9.45. The summed E-state index contributed by atoms with van der Waals surface area (Å²) < 4.78 is 0. The van der Waals surface area contributed by atoms with Gasteiger partial charge in [0.2, 0.25) is 0 Å². The number of benzene rings is 1. The Kier molecular flexibility index (Phi) is 2.81. The molecule has 2 aromatic rings. The summed E-state index contributed by atoms with van der Waals surface area (Å²) in [5.41, 5.74) is 2.85. The first-order valence-corrected chi connectivity index (χ1v) is 6.17. The molecule has 0 spiro atoms. The highest BCUT2D eigenvalue weighted by molar-refractivity contribution is 6.38. The van der Waals surface area contributed by atoms with Gasteiger partial charge < -0.3 is 4.90 Å². The number of fused-ring (bicyclic) bond motifs is 1. The second-order valence-electron chi connectivity index (χ2n) is 4.46. The number of para-hydroxylation sites is 1. The van der Waals surface area contributed by atoms with Crippen LogP contribution in [0.15, 0.2) is 48.7 Å². The van der Waals surface area contributed by atoms with Gasteiger partial charge in [-0.15, -0.1) is 0 Å². The van der Waals surface area contributed by atoms with E-state index in [9.17, 15) is 10.1 Å². The molecule has 1 aliphatic heterocycles. The van der Waals surface area contributed by atoms with Crippen molar-refractivity contribution in [2.24, 2.45) is 0 Å². The van der Waals surface area contributed by atoms with Gasteiger partial charge in [0.25, 0.3) is 5.91 Å². The highest BCUT2D eigenvalue weighted by Gasteiger charge is 2.32. The molecule has 0 N–H and O–H groups in total. The lowest BCUT2D eigenvalue weighted by Crippen LogP contribution is -2.20. The highest BCUT2D eigenvalue weighted by atomic mass is 16.2. The van der Waals surface area contributed by atoms with Crippen LogP contribution in [-0.4, -0.2) is 17.9 Å². The number of aromatic nitrogens is 1. The lowest BCUT2D eigenvalue weighted by atomic mass is 9.99. The number of carbonyl (C=O) groups excluding carboxylic acids is 1. The molecule has 0 atom stereocenters. The van der Waals surface area contributed by atoms with E-state index in [1.165, 1.54) is 0 Å². The summed E-state index contributed by atoms with van der Waals surface area (Å²) in [5.74, 6) is -0.173. The van der Waals surface area contributed by atoms with Crippen LogP contribution in [0.2, 0.25) is 0 Å². The molecule has 0 saturated heterocycles. The maximum Gasteiger partial charge on any atom is 0.260 e. The third kappa shape index (κ3) is 1.69. The van der Waals surface area contributed by atoms with Gasteiger partial charge in [0.05, 0.1) is 22.5 Å². The van der Waals surface area contributed by atoms with Gasteiger partial charge in [0.15, 0.2) is 0 Å². The summed E-state index contributed by atoms with van der Waals surface area (Å²) in [7, 11) is 1.71. The molecule has 0 bridgehead atoms. The standard InChI is InChI=1S/C16H11N3O/c1-19-14-8-3-2-6-11(14)15(16(19)20)12(10-17)13-7-4-5-9-18-13/h2-9H,1H3. The van der Waals surface area contributed by atoms with Gasteiger partial charge in [0.1, 0.15) is 6.07 Å². The molecule has 0 saturated carbocycles. The Bertz CT molecular complexity index is 757. The van der Waals surface area contributed by atoms with Gasteiger partial charge in [-0.3, -0.25) is 9.78 Å². The van der Waals surface area contributed by atoms with Crippen LogP contribution < -0.4 is 4.90 Å².